The maximum atomic E-state index is 12.4. The summed E-state index contributed by atoms with van der Waals surface area (Å²) in [5, 5.41) is 15.9. The van der Waals surface area contributed by atoms with Gasteiger partial charge in [0, 0.05) is 12.2 Å². The first-order valence-electron chi connectivity index (χ1n) is 7.09. The van der Waals surface area contributed by atoms with Gasteiger partial charge in [0.1, 0.15) is 0 Å². The Balaban J connectivity index is 2.37. The molecule has 2 aromatic heterocycles. The van der Waals surface area contributed by atoms with Crippen LogP contribution in [0.5, 0.6) is 0 Å². The SMILES string of the molecule is Cc1noc2nc(C(C)C)cc(C(=O)NCC(C)C(=O)O)c12. The minimum Gasteiger partial charge on any atom is -0.481 e. The third-order valence-corrected chi connectivity index (χ3v) is 3.46. The first-order chi connectivity index (χ1) is 10.3. The molecule has 2 rings (SSSR count). The van der Waals surface area contributed by atoms with Crippen molar-refractivity contribution in [1.82, 2.24) is 15.5 Å². The quantitative estimate of drug-likeness (QED) is 0.876. The van der Waals surface area contributed by atoms with Gasteiger partial charge in [-0.05, 0) is 18.9 Å². The lowest BCUT2D eigenvalue weighted by Gasteiger charge is -2.11. The van der Waals surface area contributed by atoms with Gasteiger partial charge in [0.05, 0.1) is 22.6 Å². The van der Waals surface area contributed by atoms with Crippen molar-refractivity contribution in [3.63, 3.8) is 0 Å². The van der Waals surface area contributed by atoms with Crippen LogP contribution in [0.15, 0.2) is 10.6 Å². The average molecular weight is 305 g/mol. The number of pyridine rings is 1. The molecule has 1 atom stereocenters. The van der Waals surface area contributed by atoms with E-state index in [1.165, 1.54) is 6.92 Å². The Hall–Kier alpha value is -2.44. The molecule has 0 aromatic carbocycles. The zero-order valence-electron chi connectivity index (χ0n) is 13.0. The molecule has 0 fully saturated rings. The van der Waals surface area contributed by atoms with Crippen molar-refractivity contribution in [2.24, 2.45) is 5.92 Å². The molecule has 1 unspecified atom stereocenters. The molecule has 2 heterocycles. The molecule has 0 radical (unpaired) electrons. The zero-order valence-corrected chi connectivity index (χ0v) is 13.0. The van der Waals surface area contributed by atoms with Gasteiger partial charge in [-0.1, -0.05) is 25.9 Å². The van der Waals surface area contributed by atoms with E-state index in [4.69, 9.17) is 9.63 Å². The lowest BCUT2D eigenvalue weighted by molar-refractivity contribution is -0.140. The number of rotatable bonds is 5. The van der Waals surface area contributed by atoms with Crippen LogP contribution in [0, 0.1) is 12.8 Å². The summed E-state index contributed by atoms with van der Waals surface area (Å²) in [6, 6.07) is 1.71. The summed E-state index contributed by atoms with van der Waals surface area (Å²) in [6.07, 6.45) is 0. The van der Waals surface area contributed by atoms with E-state index in [0.29, 0.717) is 22.4 Å². The predicted octanol–water partition coefficient (Wildman–Crippen LogP) is 2.11. The summed E-state index contributed by atoms with van der Waals surface area (Å²) in [5.41, 5.74) is 2.03. The second-order valence-electron chi connectivity index (χ2n) is 5.65. The molecule has 7 heteroatoms. The van der Waals surface area contributed by atoms with Crippen molar-refractivity contribution < 1.29 is 19.2 Å². The van der Waals surface area contributed by atoms with E-state index in [1.807, 2.05) is 13.8 Å². The van der Waals surface area contributed by atoms with Crippen LogP contribution in [-0.4, -0.2) is 33.7 Å². The van der Waals surface area contributed by atoms with Crippen LogP contribution in [-0.2, 0) is 4.79 Å². The van der Waals surface area contributed by atoms with Crippen LogP contribution in [0.1, 0.15) is 48.4 Å². The van der Waals surface area contributed by atoms with Gasteiger partial charge in [-0.25, -0.2) is 4.98 Å². The summed E-state index contributed by atoms with van der Waals surface area (Å²) in [5.74, 6) is -1.84. The van der Waals surface area contributed by atoms with Crippen molar-refractivity contribution in [2.75, 3.05) is 6.54 Å². The van der Waals surface area contributed by atoms with E-state index < -0.39 is 11.9 Å². The standard InChI is InChI=1S/C15H19N3O4/c1-7(2)11-5-10(12-9(4)18-22-14(12)17-11)13(19)16-6-8(3)15(20)21/h5,7-8H,6H2,1-4H3,(H,16,19)(H,20,21). The van der Waals surface area contributed by atoms with E-state index in [9.17, 15) is 9.59 Å². The van der Waals surface area contributed by atoms with Crippen LogP contribution in [0.3, 0.4) is 0 Å². The minimum absolute atomic E-state index is 0.0549. The van der Waals surface area contributed by atoms with Gasteiger partial charge in [-0.2, -0.15) is 0 Å². The van der Waals surface area contributed by atoms with Crippen molar-refractivity contribution >= 4 is 23.0 Å². The Morgan fingerprint density at radius 3 is 2.64 bits per heavy atom. The highest BCUT2D eigenvalue weighted by Crippen LogP contribution is 2.25. The molecule has 2 aromatic rings. The van der Waals surface area contributed by atoms with Gasteiger partial charge in [0.2, 0.25) is 0 Å². The fourth-order valence-electron chi connectivity index (χ4n) is 2.02. The number of hydrogen-bond acceptors (Lipinski definition) is 5. The van der Waals surface area contributed by atoms with Crippen LogP contribution in [0.4, 0.5) is 0 Å². The first-order valence-corrected chi connectivity index (χ1v) is 7.09. The Labute approximate surface area is 127 Å². The predicted molar refractivity (Wildman–Crippen MR) is 79.8 cm³/mol. The molecular formula is C15H19N3O4. The summed E-state index contributed by atoms with van der Waals surface area (Å²) in [4.78, 5) is 27.6. The van der Waals surface area contributed by atoms with Crippen molar-refractivity contribution in [1.29, 1.82) is 0 Å². The number of aromatic nitrogens is 2. The van der Waals surface area contributed by atoms with Crippen molar-refractivity contribution in [3.05, 3.63) is 23.0 Å². The van der Waals surface area contributed by atoms with Gasteiger partial charge >= 0.3 is 5.97 Å². The number of fused-ring (bicyclic) bond motifs is 1. The fourth-order valence-corrected chi connectivity index (χ4v) is 2.02. The topological polar surface area (TPSA) is 105 Å². The maximum absolute atomic E-state index is 12.4. The Morgan fingerprint density at radius 2 is 2.05 bits per heavy atom. The van der Waals surface area contributed by atoms with Crippen LogP contribution in [0.2, 0.25) is 0 Å². The molecule has 0 saturated carbocycles. The van der Waals surface area contributed by atoms with E-state index in [0.717, 1.165) is 5.69 Å². The monoisotopic (exact) mass is 305 g/mol. The van der Waals surface area contributed by atoms with E-state index in [-0.39, 0.29) is 18.4 Å². The molecule has 0 aliphatic heterocycles. The van der Waals surface area contributed by atoms with Gasteiger partial charge in [-0.15, -0.1) is 0 Å². The molecule has 7 nitrogen and oxygen atoms in total. The van der Waals surface area contributed by atoms with E-state index in [1.54, 1.807) is 13.0 Å². The Morgan fingerprint density at radius 1 is 1.36 bits per heavy atom. The second-order valence-corrected chi connectivity index (χ2v) is 5.65. The third-order valence-electron chi connectivity index (χ3n) is 3.46. The highest BCUT2D eigenvalue weighted by Gasteiger charge is 2.20. The molecule has 2 N–H and O–H groups in total. The molecule has 118 valence electrons. The number of carbonyl (C=O) groups is 2. The van der Waals surface area contributed by atoms with Crippen LogP contribution >= 0.6 is 0 Å². The van der Waals surface area contributed by atoms with Gasteiger partial charge in [0.25, 0.3) is 11.6 Å². The molecular weight excluding hydrogens is 286 g/mol. The summed E-state index contributed by atoms with van der Waals surface area (Å²) in [6.45, 7) is 7.25. The van der Waals surface area contributed by atoms with Crippen LogP contribution < -0.4 is 5.32 Å². The summed E-state index contributed by atoms with van der Waals surface area (Å²) >= 11 is 0. The molecule has 0 aliphatic rings. The fraction of sp³-hybridized carbons (Fsp3) is 0.467. The summed E-state index contributed by atoms with van der Waals surface area (Å²) < 4.78 is 5.16. The van der Waals surface area contributed by atoms with Crippen molar-refractivity contribution in [2.45, 2.75) is 33.6 Å². The number of aryl methyl sites for hydroxylation is 1. The highest BCUT2D eigenvalue weighted by atomic mass is 16.5. The third kappa shape index (κ3) is 3.08. The molecule has 0 bridgehead atoms. The highest BCUT2D eigenvalue weighted by molar-refractivity contribution is 6.06. The number of carboxylic acids is 1. The molecule has 22 heavy (non-hydrogen) atoms. The zero-order chi connectivity index (χ0) is 16.4. The lowest BCUT2D eigenvalue weighted by atomic mass is 10.0. The number of amides is 1. The molecule has 0 saturated heterocycles. The van der Waals surface area contributed by atoms with E-state index in [2.05, 4.69) is 15.5 Å². The largest absolute Gasteiger partial charge is 0.481 e. The van der Waals surface area contributed by atoms with Gasteiger partial charge in [-0.3, -0.25) is 9.59 Å². The van der Waals surface area contributed by atoms with Gasteiger partial charge < -0.3 is 14.9 Å². The molecule has 0 spiro atoms. The normalized spacial score (nSPS) is 12.6. The number of nitrogens with zero attached hydrogens (tertiary/aromatic N) is 2. The van der Waals surface area contributed by atoms with Gasteiger partial charge in [0.15, 0.2) is 0 Å². The lowest BCUT2D eigenvalue weighted by Crippen LogP contribution is -2.31. The molecule has 1 amide bonds. The number of aliphatic carboxylic acids is 1. The Bertz CT molecular complexity index is 721. The Kier molecular flexibility index (Phi) is 4.44. The number of carboxylic acid groups (broad SMARTS) is 1. The summed E-state index contributed by atoms with van der Waals surface area (Å²) in [7, 11) is 0. The minimum atomic E-state index is -0.954. The van der Waals surface area contributed by atoms with E-state index >= 15 is 0 Å². The van der Waals surface area contributed by atoms with Crippen molar-refractivity contribution in [3.8, 4) is 0 Å². The number of carbonyl (C=O) groups excluding carboxylic acids is 1. The molecule has 0 aliphatic carbocycles. The number of hydrogen-bond donors (Lipinski definition) is 2. The maximum Gasteiger partial charge on any atom is 0.308 e. The first kappa shape index (κ1) is 15.9. The second kappa shape index (κ2) is 6.13. The van der Waals surface area contributed by atoms with Crippen LogP contribution in [0.25, 0.3) is 11.1 Å². The number of nitrogens with one attached hydrogen (secondary N) is 1. The average Bonchev–Trinajstić information content (AvgIpc) is 2.84. The smallest absolute Gasteiger partial charge is 0.308 e.